The van der Waals surface area contributed by atoms with Crippen molar-refractivity contribution in [2.45, 2.75) is 0 Å². The molecule has 12 aromatic rings. The summed E-state index contributed by atoms with van der Waals surface area (Å²) in [6, 6.07) is 70.9. The number of carbonyl (C=O) groups is 1. The van der Waals surface area contributed by atoms with E-state index in [0.717, 1.165) is 65.3 Å². The quantitative estimate of drug-likeness (QED) is 0.104. The van der Waals surface area contributed by atoms with E-state index in [1.165, 1.54) is 43.1 Å². The van der Waals surface area contributed by atoms with Crippen molar-refractivity contribution in [3.63, 3.8) is 0 Å². The molecule has 294 valence electrons. The van der Waals surface area contributed by atoms with Gasteiger partial charge in [0.15, 0.2) is 0 Å². The maximum absolute atomic E-state index is 11.5. The summed E-state index contributed by atoms with van der Waals surface area (Å²) in [4.78, 5) is 22.8. The Labute approximate surface area is 413 Å². The normalized spacial score (nSPS) is 10.9. The molecule has 0 aliphatic carbocycles. The smallest absolute Gasteiger partial charge is 0.870 e. The van der Waals surface area contributed by atoms with E-state index in [2.05, 4.69) is 133 Å². The van der Waals surface area contributed by atoms with E-state index in [-0.39, 0.29) is 70.2 Å². The van der Waals surface area contributed by atoms with Gasteiger partial charge < -0.3 is 20.2 Å². The second kappa shape index (κ2) is 18.5. The summed E-state index contributed by atoms with van der Waals surface area (Å²) in [5.74, 6) is -1.19. The molecule has 0 aliphatic rings. The Kier molecular flexibility index (Phi) is 12.8. The van der Waals surface area contributed by atoms with Crippen LogP contribution in [0.4, 0.5) is 0 Å². The molecule has 0 aliphatic heterocycles. The van der Waals surface area contributed by atoms with E-state index in [4.69, 9.17) is 0 Å². The first kappa shape index (κ1) is 44.4. The van der Waals surface area contributed by atoms with Crippen molar-refractivity contribution in [2.24, 2.45) is 0 Å². The van der Waals surface area contributed by atoms with Gasteiger partial charge in [0.1, 0.15) is 0 Å². The second-order valence-corrected chi connectivity index (χ2v) is 15.7. The Morgan fingerprint density at radius 3 is 0.859 bits per heavy atom. The number of rotatable bonds is 4. The first-order chi connectivity index (χ1) is 30.0. The van der Waals surface area contributed by atoms with Gasteiger partial charge >= 0.3 is 59.1 Å². The van der Waals surface area contributed by atoms with Gasteiger partial charge in [-0.1, -0.05) is 121 Å². The summed E-state index contributed by atoms with van der Waals surface area (Å²) in [6.45, 7) is 0. The van der Waals surface area contributed by atoms with Gasteiger partial charge in [0, 0.05) is 0 Å². The van der Waals surface area contributed by atoms with Crippen molar-refractivity contribution in [3.8, 4) is 22.3 Å². The van der Waals surface area contributed by atoms with Gasteiger partial charge in [-0.05, 0) is 175 Å². The molecule has 1 N–H and O–H groups in total. The molecule has 0 amide bonds. The molecule has 0 aromatic heterocycles. The summed E-state index contributed by atoms with van der Waals surface area (Å²) in [5.41, 5.74) is 4.72. The Hall–Kier alpha value is -6.18. The molecule has 0 saturated carbocycles. The van der Waals surface area contributed by atoms with Crippen LogP contribution in [-0.4, -0.2) is 17.7 Å². The fourth-order valence-electron chi connectivity index (χ4n) is 9.08. The molecular formula is C58H35Na2O4-. The molecule has 12 aromatic carbocycles. The third kappa shape index (κ3) is 8.11. The molecule has 0 atom stereocenters. The molecule has 12 rings (SSSR count). The van der Waals surface area contributed by atoms with Crippen molar-refractivity contribution < 1.29 is 79.3 Å². The Bertz CT molecular complexity index is 3470. The Balaban J connectivity index is 0.000000191. The third-order valence-electron chi connectivity index (χ3n) is 12.1. The van der Waals surface area contributed by atoms with Crippen LogP contribution in [0.3, 0.4) is 0 Å². The minimum Gasteiger partial charge on any atom is -0.870 e. The summed E-state index contributed by atoms with van der Waals surface area (Å²) >= 11 is 0. The fourth-order valence-corrected chi connectivity index (χ4v) is 9.08. The zero-order valence-electron chi connectivity index (χ0n) is 35.3. The zero-order valence-corrected chi connectivity index (χ0v) is 39.3. The number of aromatic carboxylic acids is 1. The van der Waals surface area contributed by atoms with Crippen LogP contribution in [0.5, 0.6) is 0 Å². The summed E-state index contributed by atoms with van der Waals surface area (Å²) in [5, 5.41) is 30.7. The molecule has 0 heterocycles. The molecule has 0 fully saturated rings. The molecule has 6 heteroatoms. The van der Waals surface area contributed by atoms with Gasteiger partial charge in [0.2, 0.25) is 0 Å². The number of benzene rings is 12. The molecule has 0 unspecified atom stereocenters. The fraction of sp³-hybridized carbons (Fsp3) is 0. The first-order valence-corrected chi connectivity index (χ1v) is 20.3. The molecule has 0 saturated heterocycles. The maximum Gasteiger partial charge on any atom is 1.00 e. The molecule has 64 heavy (non-hydrogen) atoms. The van der Waals surface area contributed by atoms with Gasteiger partial charge in [-0.2, -0.15) is 17.7 Å². The monoisotopic (exact) mass is 841 g/mol. The second-order valence-electron chi connectivity index (χ2n) is 15.7. The summed E-state index contributed by atoms with van der Waals surface area (Å²) in [6.07, 6.45) is 1.98. The summed E-state index contributed by atoms with van der Waals surface area (Å²) < 4.78 is 0. The predicted molar refractivity (Wildman–Crippen MR) is 255 cm³/mol. The van der Waals surface area contributed by atoms with Gasteiger partial charge in [-0.3, -0.25) is 0 Å². The van der Waals surface area contributed by atoms with Crippen LogP contribution >= 0.6 is 0 Å². The number of hydrogen-bond acceptors (Lipinski definition) is 4. The van der Waals surface area contributed by atoms with Crippen LogP contribution in [0.2, 0.25) is 0 Å². The minimum absolute atomic E-state index is 0. The molecule has 0 radical (unpaired) electrons. The number of carboxylic acids is 1. The number of hydrogen-bond donors (Lipinski definition) is 0. The largest absolute Gasteiger partial charge is 1.00 e. The predicted octanol–water partition coefficient (Wildman–Crippen LogP) is 7.59. The van der Waals surface area contributed by atoms with Gasteiger partial charge in [-0.15, -0.1) is 12.1 Å². The molecule has 0 spiro atoms. The average Bonchev–Trinajstić information content (AvgIpc) is 3.30. The van der Waals surface area contributed by atoms with Crippen LogP contribution in [0.25, 0.3) is 108 Å². The SMILES string of the molecule is O=[C-]c1ccc(-c2c3cc4ccccc4cc3c(-c3ccc(C(=O)[O-])cc3)c3cc4ccccc4cc23)cc1.[Na+].[Na+].[OH-].c1ccc2cc3cc4cc5ccccc5cc4cc3cc2c1. The third-order valence-corrected chi connectivity index (χ3v) is 12.1. The molecule has 0 bridgehead atoms. The Morgan fingerprint density at radius 2 is 0.594 bits per heavy atom. The van der Waals surface area contributed by atoms with Crippen LogP contribution in [-0.2, 0) is 4.79 Å². The van der Waals surface area contributed by atoms with Gasteiger partial charge in [0.05, 0.1) is 12.3 Å². The van der Waals surface area contributed by atoms with E-state index < -0.39 is 5.97 Å². The first-order valence-electron chi connectivity index (χ1n) is 20.3. The van der Waals surface area contributed by atoms with Crippen LogP contribution < -0.4 is 64.2 Å². The van der Waals surface area contributed by atoms with Crippen molar-refractivity contribution in [1.82, 2.24) is 0 Å². The molecule has 4 nitrogen and oxygen atoms in total. The van der Waals surface area contributed by atoms with Gasteiger partial charge in [0.25, 0.3) is 0 Å². The number of carbonyl (C=O) groups excluding carboxylic acids is 2. The van der Waals surface area contributed by atoms with E-state index >= 15 is 0 Å². The van der Waals surface area contributed by atoms with E-state index in [9.17, 15) is 14.7 Å². The standard InChI is InChI=1S/C36H21O3.C22H14.2Na.H2O/c37-21-22-9-11-23(12-10-22)34-30-17-26-5-1-3-7-28(26)19-32(30)35(24-13-15-25(16-14-24)36(38)39)33-20-29-8-4-2-6-27(29)18-31(33)34;1-2-6-16-10-20-14-22-12-18-8-4-3-7-17(18)11-21(22)13-19(20)9-15(16)5-1;;;/h1-20H,(H,38,39);1-14H;;;1H2/q-1;;2*+1;/p-2. The van der Waals surface area contributed by atoms with Crippen LogP contribution in [0.1, 0.15) is 15.9 Å². The minimum atomic E-state index is -1.19. The Morgan fingerprint density at radius 1 is 0.344 bits per heavy atom. The van der Waals surface area contributed by atoms with Crippen molar-refractivity contribution in [1.29, 1.82) is 0 Å². The van der Waals surface area contributed by atoms with Crippen molar-refractivity contribution in [2.75, 3.05) is 0 Å². The topological polar surface area (TPSA) is 87.2 Å². The van der Waals surface area contributed by atoms with E-state index in [0.29, 0.717) is 5.56 Å². The zero-order chi connectivity index (χ0) is 41.0. The van der Waals surface area contributed by atoms with E-state index in [1.54, 1.807) is 24.3 Å². The van der Waals surface area contributed by atoms with Crippen LogP contribution in [0, 0.1) is 0 Å². The van der Waals surface area contributed by atoms with Crippen LogP contribution in [0.15, 0.2) is 206 Å². The summed E-state index contributed by atoms with van der Waals surface area (Å²) in [7, 11) is 0. The van der Waals surface area contributed by atoms with E-state index in [1.807, 2.05) is 54.8 Å². The number of fused-ring (bicyclic) bond motifs is 8. The maximum atomic E-state index is 11.5. The number of carboxylic acid groups (broad SMARTS) is 1. The molecular weight excluding hydrogens is 807 g/mol. The van der Waals surface area contributed by atoms with Crippen molar-refractivity contribution >= 4 is 98.4 Å². The van der Waals surface area contributed by atoms with Crippen molar-refractivity contribution in [3.05, 3.63) is 217 Å². The average molecular weight is 842 g/mol. The van der Waals surface area contributed by atoms with Gasteiger partial charge in [-0.25, -0.2) is 0 Å².